The van der Waals surface area contributed by atoms with Crippen molar-refractivity contribution in [3.8, 4) is 11.5 Å². The van der Waals surface area contributed by atoms with Crippen molar-refractivity contribution in [1.82, 2.24) is 15.1 Å². The Morgan fingerprint density at radius 2 is 1.94 bits per heavy atom. The molecule has 1 amide bonds. The predicted molar refractivity (Wildman–Crippen MR) is 108 cm³/mol. The van der Waals surface area contributed by atoms with E-state index in [2.05, 4.69) is 10.4 Å². The number of carbonyl (C=O) groups is 3. The highest BCUT2D eigenvalue weighted by Gasteiger charge is 2.22. The van der Waals surface area contributed by atoms with E-state index < -0.39 is 36.0 Å². The van der Waals surface area contributed by atoms with Gasteiger partial charge in [-0.05, 0) is 43.3 Å². The van der Waals surface area contributed by atoms with Gasteiger partial charge < -0.3 is 14.5 Å². The van der Waals surface area contributed by atoms with Gasteiger partial charge in [-0.2, -0.15) is 4.68 Å². The predicted octanol–water partition coefficient (Wildman–Crippen LogP) is 2.15. The minimum absolute atomic E-state index is 0.0767. The van der Waals surface area contributed by atoms with E-state index in [0.29, 0.717) is 17.0 Å². The largest absolute Gasteiger partial charge is 0.453 e. The molecule has 2 aromatic heterocycles. The molecular formula is C20H18FN3O6S. The van der Waals surface area contributed by atoms with Crippen molar-refractivity contribution < 1.29 is 27.9 Å². The molecule has 0 fully saturated rings. The molecule has 2 heterocycles. The number of ether oxygens (including phenoxy) is 1. The summed E-state index contributed by atoms with van der Waals surface area (Å²) in [5.41, 5.74) is 0.363. The first-order valence-electron chi connectivity index (χ1n) is 9.13. The van der Waals surface area contributed by atoms with E-state index >= 15 is 0 Å². The molecule has 1 atom stereocenters. The van der Waals surface area contributed by atoms with Crippen molar-refractivity contribution in [2.24, 2.45) is 0 Å². The summed E-state index contributed by atoms with van der Waals surface area (Å²) in [5.74, 6) is -2.87. The molecule has 1 aromatic carbocycles. The number of hydrogen-bond donors (Lipinski definition) is 1. The Labute approximate surface area is 179 Å². The van der Waals surface area contributed by atoms with Crippen LogP contribution in [0.5, 0.6) is 0 Å². The van der Waals surface area contributed by atoms with E-state index in [1.54, 1.807) is 12.1 Å². The first-order chi connectivity index (χ1) is 14.7. The molecule has 0 radical (unpaired) electrons. The van der Waals surface area contributed by atoms with Crippen molar-refractivity contribution in [2.45, 2.75) is 33.0 Å². The van der Waals surface area contributed by atoms with Gasteiger partial charge >= 0.3 is 11.7 Å². The Morgan fingerprint density at radius 3 is 2.61 bits per heavy atom. The number of benzene rings is 1. The molecule has 1 unspecified atom stereocenters. The van der Waals surface area contributed by atoms with Crippen molar-refractivity contribution in [3.63, 3.8) is 0 Å². The van der Waals surface area contributed by atoms with Crippen LogP contribution in [0.4, 0.5) is 4.39 Å². The number of ketones is 1. The number of amides is 1. The van der Waals surface area contributed by atoms with Crippen LogP contribution >= 0.6 is 11.3 Å². The minimum atomic E-state index is -1.08. The lowest BCUT2D eigenvalue weighted by Gasteiger charge is -2.10. The maximum absolute atomic E-state index is 13.0. The second-order valence-corrected chi connectivity index (χ2v) is 7.68. The third-order valence-corrected chi connectivity index (χ3v) is 5.17. The Kier molecular flexibility index (Phi) is 6.75. The summed E-state index contributed by atoms with van der Waals surface area (Å²) in [4.78, 5) is 48.7. The maximum Gasteiger partial charge on any atom is 0.437 e. The van der Waals surface area contributed by atoms with Gasteiger partial charge in [0.15, 0.2) is 6.10 Å². The van der Waals surface area contributed by atoms with Crippen LogP contribution in [0.25, 0.3) is 11.5 Å². The lowest BCUT2D eigenvalue weighted by atomic mass is 10.2. The SMILES string of the molecule is CC(=O)NCc1ccc(C(=O)C(C)OC(=O)Cn2nc(-c3ccc(F)cc3)oc2=O)s1. The Bertz CT molecular complexity index is 1160. The number of aromatic nitrogens is 2. The van der Waals surface area contributed by atoms with E-state index in [1.807, 2.05) is 0 Å². The smallest absolute Gasteiger partial charge is 0.437 e. The third-order valence-electron chi connectivity index (χ3n) is 4.07. The molecule has 0 spiro atoms. The highest BCUT2D eigenvalue weighted by Crippen LogP contribution is 2.19. The van der Waals surface area contributed by atoms with Crippen LogP contribution in [-0.4, -0.2) is 33.5 Å². The standard InChI is InChI=1S/C20H18FN3O6S/c1-11(18(27)16-8-7-15(31-16)9-22-12(2)25)29-17(26)10-24-20(28)30-19(23-24)13-3-5-14(21)6-4-13/h3-8,11H,9-10H2,1-2H3,(H,22,25). The van der Waals surface area contributed by atoms with Crippen LogP contribution in [-0.2, 0) is 27.4 Å². The van der Waals surface area contributed by atoms with E-state index in [-0.39, 0.29) is 11.8 Å². The zero-order chi connectivity index (χ0) is 22.5. The molecule has 0 aliphatic carbocycles. The zero-order valence-electron chi connectivity index (χ0n) is 16.6. The Balaban J connectivity index is 1.60. The van der Waals surface area contributed by atoms with Gasteiger partial charge in [-0.25, -0.2) is 9.18 Å². The van der Waals surface area contributed by atoms with Crippen molar-refractivity contribution in [1.29, 1.82) is 0 Å². The molecular weight excluding hydrogens is 429 g/mol. The van der Waals surface area contributed by atoms with Crippen molar-refractivity contribution in [3.05, 3.63) is 62.5 Å². The summed E-state index contributed by atoms with van der Waals surface area (Å²) in [6.45, 7) is 2.55. The van der Waals surface area contributed by atoms with Gasteiger partial charge in [0, 0.05) is 17.4 Å². The number of nitrogens with zero attached hydrogens (tertiary/aromatic N) is 2. The summed E-state index contributed by atoms with van der Waals surface area (Å²) in [6.07, 6.45) is -1.08. The summed E-state index contributed by atoms with van der Waals surface area (Å²) < 4.78 is 23.9. The molecule has 162 valence electrons. The van der Waals surface area contributed by atoms with E-state index in [0.717, 1.165) is 9.56 Å². The van der Waals surface area contributed by atoms with Gasteiger partial charge in [0.05, 0.1) is 11.4 Å². The van der Waals surface area contributed by atoms with E-state index in [9.17, 15) is 23.6 Å². The lowest BCUT2D eigenvalue weighted by molar-refractivity contribution is -0.147. The number of thiophene rings is 1. The van der Waals surface area contributed by atoms with Gasteiger partial charge in [0.1, 0.15) is 12.4 Å². The molecule has 0 saturated carbocycles. The summed E-state index contributed by atoms with van der Waals surface area (Å²) in [5, 5.41) is 6.53. The van der Waals surface area contributed by atoms with Crippen molar-refractivity contribution >= 4 is 29.0 Å². The highest BCUT2D eigenvalue weighted by atomic mass is 32.1. The number of esters is 1. The van der Waals surface area contributed by atoms with Gasteiger partial charge in [-0.3, -0.25) is 14.4 Å². The fourth-order valence-electron chi connectivity index (χ4n) is 2.54. The molecule has 0 saturated heterocycles. The normalized spacial score (nSPS) is 11.7. The number of nitrogens with one attached hydrogen (secondary N) is 1. The summed E-state index contributed by atoms with van der Waals surface area (Å²) in [7, 11) is 0. The van der Waals surface area contributed by atoms with Crippen LogP contribution in [0.3, 0.4) is 0 Å². The molecule has 11 heteroatoms. The monoisotopic (exact) mass is 447 g/mol. The molecule has 3 rings (SSSR count). The molecule has 1 N–H and O–H groups in total. The number of hydrogen-bond acceptors (Lipinski definition) is 8. The van der Waals surface area contributed by atoms with E-state index in [4.69, 9.17) is 9.15 Å². The first kappa shape index (κ1) is 22.1. The summed E-state index contributed by atoms with van der Waals surface area (Å²) in [6, 6.07) is 8.42. The Hall–Kier alpha value is -3.60. The minimum Gasteiger partial charge on any atom is -0.453 e. The maximum atomic E-state index is 13.0. The molecule has 0 aliphatic rings. The third kappa shape index (κ3) is 5.72. The second-order valence-electron chi connectivity index (χ2n) is 6.51. The van der Waals surface area contributed by atoms with Crippen LogP contribution in [0, 0.1) is 5.82 Å². The van der Waals surface area contributed by atoms with Crippen LogP contribution in [0.2, 0.25) is 0 Å². The fourth-order valence-corrected chi connectivity index (χ4v) is 3.51. The van der Waals surface area contributed by atoms with Gasteiger partial charge in [-0.15, -0.1) is 16.4 Å². The zero-order valence-corrected chi connectivity index (χ0v) is 17.4. The Morgan fingerprint density at radius 1 is 1.23 bits per heavy atom. The van der Waals surface area contributed by atoms with Gasteiger partial charge in [0.25, 0.3) is 0 Å². The van der Waals surface area contributed by atoms with Crippen LogP contribution in [0.15, 0.2) is 45.6 Å². The quantitative estimate of drug-likeness (QED) is 0.415. The highest BCUT2D eigenvalue weighted by molar-refractivity contribution is 7.14. The lowest BCUT2D eigenvalue weighted by Crippen LogP contribution is -2.29. The topological polar surface area (TPSA) is 120 Å². The number of rotatable bonds is 8. The molecule has 3 aromatic rings. The summed E-state index contributed by atoms with van der Waals surface area (Å²) >= 11 is 1.18. The first-order valence-corrected chi connectivity index (χ1v) is 9.95. The fraction of sp³-hybridized carbons (Fsp3) is 0.250. The van der Waals surface area contributed by atoms with E-state index in [1.165, 1.54) is 49.4 Å². The second kappa shape index (κ2) is 9.47. The van der Waals surface area contributed by atoms with Crippen LogP contribution in [0.1, 0.15) is 28.4 Å². The molecule has 0 aliphatic heterocycles. The van der Waals surface area contributed by atoms with Gasteiger partial charge in [0.2, 0.25) is 17.6 Å². The number of carbonyl (C=O) groups excluding carboxylic acids is 3. The van der Waals surface area contributed by atoms with Gasteiger partial charge in [-0.1, -0.05) is 0 Å². The van der Waals surface area contributed by atoms with Crippen LogP contribution < -0.4 is 11.1 Å². The number of Topliss-reactive ketones (excluding diaryl/α,β-unsaturated/α-hetero) is 1. The average Bonchev–Trinajstić information content (AvgIpc) is 3.33. The average molecular weight is 447 g/mol. The molecule has 0 bridgehead atoms. The molecule has 31 heavy (non-hydrogen) atoms. The molecule has 9 nitrogen and oxygen atoms in total. The number of halogens is 1. The van der Waals surface area contributed by atoms with Crippen molar-refractivity contribution in [2.75, 3.05) is 0 Å².